The second-order valence-electron chi connectivity index (χ2n) is 5.83. The summed E-state index contributed by atoms with van der Waals surface area (Å²) >= 11 is 5.14. The molecule has 0 saturated heterocycles. The van der Waals surface area contributed by atoms with Crippen molar-refractivity contribution in [3.63, 3.8) is 0 Å². The van der Waals surface area contributed by atoms with Gasteiger partial charge in [-0.1, -0.05) is 19.9 Å². The first-order valence-corrected chi connectivity index (χ1v) is 8.24. The number of carbonyl (C=O) groups excluding carboxylic acids is 1. The molecule has 2 N–H and O–H groups in total. The van der Waals surface area contributed by atoms with E-state index >= 15 is 0 Å². The van der Waals surface area contributed by atoms with E-state index in [0.717, 1.165) is 5.75 Å². The fourth-order valence-corrected chi connectivity index (χ4v) is 2.18. The fraction of sp³-hybridized carbons (Fsp3) is 0.211. The highest BCUT2D eigenvalue weighted by molar-refractivity contribution is 7.80. The third-order valence-electron chi connectivity index (χ3n) is 3.18. The SMILES string of the molecule is CC(C)COc1ccc(C(=O)NC(=S)Nc2cccc(C#N)c2)cc1. The highest BCUT2D eigenvalue weighted by Gasteiger charge is 2.08. The van der Waals surface area contributed by atoms with Gasteiger partial charge in [-0.2, -0.15) is 5.26 Å². The van der Waals surface area contributed by atoms with Gasteiger partial charge in [0.15, 0.2) is 5.11 Å². The Balaban J connectivity index is 1.92. The van der Waals surface area contributed by atoms with Crippen LogP contribution in [0.25, 0.3) is 0 Å². The average molecular weight is 353 g/mol. The van der Waals surface area contributed by atoms with Crippen LogP contribution in [-0.2, 0) is 0 Å². The van der Waals surface area contributed by atoms with E-state index in [-0.39, 0.29) is 11.0 Å². The highest BCUT2D eigenvalue weighted by atomic mass is 32.1. The molecular weight excluding hydrogens is 334 g/mol. The van der Waals surface area contributed by atoms with Crippen LogP contribution in [0.15, 0.2) is 48.5 Å². The number of amides is 1. The molecule has 1 amide bonds. The molecule has 0 aromatic heterocycles. The molecule has 0 fully saturated rings. The van der Waals surface area contributed by atoms with E-state index in [1.54, 1.807) is 48.5 Å². The van der Waals surface area contributed by atoms with Gasteiger partial charge >= 0.3 is 0 Å². The summed E-state index contributed by atoms with van der Waals surface area (Å²) in [6.07, 6.45) is 0. The van der Waals surface area contributed by atoms with Crippen LogP contribution in [0, 0.1) is 17.2 Å². The molecule has 0 aliphatic carbocycles. The number of nitrogens with zero attached hydrogens (tertiary/aromatic N) is 1. The van der Waals surface area contributed by atoms with E-state index in [4.69, 9.17) is 22.2 Å². The van der Waals surface area contributed by atoms with E-state index in [9.17, 15) is 4.79 Å². The molecule has 0 aliphatic heterocycles. The Labute approximate surface area is 152 Å². The quantitative estimate of drug-likeness (QED) is 0.802. The Morgan fingerprint density at radius 2 is 1.96 bits per heavy atom. The number of ether oxygens (including phenoxy) is 1. The summed E-state index contributed by atoms with van der Waals surface area (Å²) in [4.78, 5) is 12.2. The molecule has 2 rings (SSSR count). The van der Waals surface area contributed by atoms with Gasteiger partial charge in [-0.15, -0.1) is 0 Å². The van der Waals surface area contributed by atoms with Gasteiger partial charge in [0.1, 0.15) is 5.75 Å². The molecule has 0 unspecified atom stereocenters. The Morgan fingerprint density at radius 3 is 2.60 bits per heavy atom. The number of benzene rings is 2. The number of anilines is 1. The summed E-state index contributed by atoms with van der Waals surface area (Å²) in [6, 6.07) is 15.8. The molecule has 0 atom stereocenters. The lowest BCUT2D eigenvalue weighted by Gasteiger charge is -2.11. The average Bonchev–Trinajstić information content (AvgIpc) is 2.60. The summed E-state index contributed by atoms with van der Waals surface area (Å²) in [7, 11) is 0. The number of hydrogen-bond acceptors (Lipinski definition) is 4. The normalized spacial score (nSPS) is 10.0. The molecule has 0 radical (unpaired) electrons. The number of nitriles is 1. The number of carbonyl (C=O) groups is 1. The van der Waals surface area contributed by atoms with Gasteiger partial charge in [-0.05, 0) is 60.6 Å². The van der Waals surface area contributed by atoms with E-state index in [2.05, 4.69) is 24.5 Å². The lowest BCUT2D eigenvalue weighted by atomic mass is 10.2. The van der Waals surface area contributed by atoms with Crippen molar-refractivity contribution in [1.29, 1.82) is 5.26 Å². The Bertz CT molecular complexity index is 795. The van der Waals surface area contributed by atoms with E-state index in [1.807, 2.05) is 6.07 Å². The predicted octanol–water partition coefficient (Wildman–Crippen LogP) is 3.72. The Morgan fingerprint density at radius 1 is 1.24 bits per heavy atom. The van der Waals surface area contributed by atoms with Crippen molar-refractivity contribution < 1.29 is 9.53 Å². The topological polar surface area (TPSA) is 74.2 Å². The second-order valence-corrected chi connectivity index (χ2v) is 6.24. The van der Waals surface area contributed by atoms with Gasteiger partial charge in [0.2, 0.25) is 0 Å². The van der Waals surface area contributed by atoms with Crippen molar-refractivity contribution in [1.82, 2.24) is 5.32 Å². The van der Waals surface area contributed by atoms with Gasteiger partial charge < -0.3 is 10.1 Å². The molecule has 0 spiro atoms. The smallest absolute Gasteiger partial charge is 0.257 e. The van der Waals surface area contributed by atoms with Crippen LogP contribution in [0.2, 0.25) is 0 Å². The molecule has 25 heavy (non-hydrogen) atoms. The number of rotatable bonds is 5. The van der Waals surface area contributed by atoms with Gasteiger partial charge in [0.05, 0.1) is 18.2 Å². The Kier molecular flexibility index (Phi) is 6.49. The third kappa shape index (κ3) is 5.90. The summed E-state index contributed by atoms with van der Waals surface area (Å²) < 4.78 is 5.59. The summed E-state index contributed by atoms with van der Waals surface area (Å²) in [5.41, 5.74) is 1.63. The molecule has 0 saturated carbocycles. The van der Waals surface area contributed by atoms with Crippen molar-refractivity contribution in [2.45, 2.75) is 13.8 Å². The van der Waals surface area contributed by atoms with Crippen molar-refractivity contribution >= 4 is 28.9 Å². The van der Waals surface area contributed by atoms with E-state index < -0.39 is 0 Å². The first kappa shape index (κ1) is 18.4. The monoisotopic (exact) mass is 353 g/mol. The van der Waals surface area contributed by atoms with Crippen molar-refractivity contribution in [3.05, 3.63) is 59.7 Å². The van der Waals surface area contributed by atoms with Crippen LogP contribution < -0.4 is 15.4 Å². The molecule has 2 aromatic carbocycles. The van der Waals surface area contributed by atoms with Gasteiger partial charge in [0.25, 0.3) is 5.91 Å². The first-order chi connectivity index (χ1) is 12.0. The van der Waals surface area contributed by atoms with Crippen LogP contribution in [0.4, 0.5) is 5.69 Å². The predicted molar refractivity (Wildman–Crippen MR) is 102 cm³/mol. The zero-order chi connectivity index (χ0) is 18.2. The summed E-state index contributed by atoms with van der Waals surface area (Å²) in [6.45, 7) is 4.77. The molecule has 0 bridgehead atoms. The van der Waals surface area contributed by atoms with Gasteiger partial charge in [-0.3, -0.25) is 10.1 Å². The molecule has 5 nitrogen and oxygen atoms in total. The second kappa shape index (κ2) is 8.81. The minimum Gasteiger partial charge on any atom is -0.493 e. The largest absolute Gasteiger partial charge is 0.493 e. The Hall–Kier alpha value is -2.91. The maximum absolute atomic E-state index is 12.2. The minimum absolute atomic E-state index is 0.167. The molecular formula is C19H19N3O2S. The highest BCUT2D eigenvalue weighted by Crippen LogP contribution is 2.14. The molecule has 2 aromatic rings. The maximum atomic E-state index is 12.2. The third-order valence-corrected chi connectivity index (χ3v) is 3.38. The van der Waals surface area contributed by atoms with Crippen LogP contribution in [0.3, 0.4) is 0 Å². The van der Waals surface area contributed by atoms with E-state index in [0.29, 0.717) is 29.3 Å². The van der Waals surface area contributed by atoms with Gasteiger partial charge in [0, 0.05) is 11.3 Å². The van der Waals surface area contributed by atoms with Crippen molar-refractivity contribution in [2.75, 3.05) is 11.9 Å². The fourth-order valence-electron chi connectivity index (χ4n) is 1.97. The lowest BCUT2D eigenvalue weighted by molar-refractivity contribution is 0.0977. The molecule has 0 aliphatic rings. The molecule has 0 heterocycles. The van der Waals surface area contributed by atoms with Crippen LogP contribution in [-0.4, -0.2) is 17.6 Å². The zero-order valence-electron chi connectivity index (χ0n) is 14.1. The standard InChI is InChI=1S/C19H19N3O2S/c1-13(2)12-24-17-8-6-15(7-9-17)18(23)22-19(25)21-16-5-3-4-14(10-16)11-20/h3-10,13H,12H2,1-2H3,(H2,21,22,23,25). The number of thiocarbonyl (C=S) groups is 1. The van der Waals surface area contributed by atoms with Crippen LogP contribution in [0.5, 0.6) is 5.75 Å². The molecule has 128 valence electrons. The van der Waals surface area contributed by atoms with E-state index in [1.165, 1.54) is 0 Å². The zero-order valence-corrected chi connectivity index (χ0v) is 14.9. The van der Waals surface area contributed by atoms with Crippen LogP contribution in [0.1, 0.15) is 29.8 Å². The van der Waals surface area contributed by atoms with Crippen molar-refractivity contribution in [3.8, 4) is 11.8 Å². The summed E-state index contributed by atoms with van der Waals surface area (Å²) in [5.74, 6) is 0.842. The first-order valence-electron chi connectivity index (χ1n) is 7.83. The minimum atomic E-state index is -0.315. The van der Waals surface area contributed by atoms with Gasteiger partial charge in [-0.25, -0.2) is 0 Å². The number of hydrogen-bond donors (Lipinski definition) is 2. The summed E-state index contributed by atoms with van der Waals surface area (Å²) in [5, 5.41) is 14.6. The van der Waals surface area contributed by atoms with Crippen molar-refractivity contribution in [2.24, 2.45) is 5.92 Å². The maximum Gasteiger partial charge on any atom is 0.257 e. The van der Waals surface area contributed by atoms with Crippen LogP contribution >= 0.6 is 12.2 Å². The number of nitrogens with one attached hydrogen (secondary N) is 2. The molecule has 6 heteroatoms. The lowest BCUT2D eigenvalue weighted by Crippen LogP contribution is -2.34.